The smallest absolute Gasteiger partial charge is 0.0719 e. The minimum Gasteiger partial charge on any atom is -0.379 e. The van der Waals surface area contributed by atoms with Crippen LogP contribution in [0, 0.1) is 11.8 Å². The molecule has 0 saturated carbocycles. The fraction of sp³-hybridized carbons (Fsp3) is 0.500. The number of morpholine rings is 1. The van der Waals surface area contributed by atoms with Gasteiger partial charge in [-0.25, -0.2) is 0 Å². The van der Waals surface area contributed by atoms with Crippen molar-refractivity contribution >= 4 is 0 Å². The van der Waals surface area contributed by atoms with Gasteiger partial charge < -0.3 is 4.74 Å². The Kier molecular flexibility index (Phi) is 5.26. The molecular formula is C16H21NO. The van der Waals surface area contributed by atoms with Crippen LogP contribution in [0.4, 0.5) is 0 Å². The van der Waals surface area contributed by atoms with Crippen molar-refractivity contribution in [2.75, 3.05) is 26.3 Å². The molecule has 1 aliphatic rings. The molecule has 0 N–H and O–H groups in total. The fourth-order valence-corrected chi connectivity index (χ4v) is 2.20. The summed E-state index contributed by atoms with van der Waals surface area (Å²) in [5, 5.41) is 0. The molecule has 1 aromatic carbocycles. The monoisotopic (exact) mass is 243 g/mol. The second-order valence-electron chi connectivity index (χ2n) is 4.59. The summed E-state index contributed by atoms with van der Waals surface area (Å²) in [7, 11) is 0. The van der Waals surface area contributed by atoms with Crippen LogP contribution < -0.4 is 0 Å². The fourth-order valence-electron chi connectivity index (χ4n) is 2.20. The first-order valence-electron chi connectivity index (χ1n) is 6.78. The minimum atomic E-state index is 0.374. The van der Waals surface area contributed by atoms with Crippen LogP contribution >= 0.6 is 0 Å². The van der Waals surface area contributed by atoms with Crippen LogP contribution in [0.5, 0.6) is 0 Å². The third-order valence-electron chi connectivity index (χ3n) is 3.21. The topological polar surface area (TPSA) is 12.5 Å². The normalized spacial score (nSPS) is 17.8. The predicted molar refractivity (Wildman–Crippen MR) is 74.4 cm³/mol. The second kappa shape index (κ2) is 7.20. The highest BCUT2D eigenvalue weighted by atomic mass is 16.5. The molecule has 1 saturated heterocycles. The molecule has 0 radical (unpaired) electrons. The number of rotatable bonds is 3. The third kappa shape index (κ3) is 3.87. The SMILES string of the molecule is CCCC(C#Cc1ccccc1)N1CCOCC1. The average molecular weight is 243 g/mol. The van der Waals surface area contributed by atoms with Crippen molar-refractivity contribution in [3.05, 3.63) is 35.9 Å². The predicted octanol–water partition coefficient (Wildman–Crippen LogP) is 2.54. The summed E-state index contributed by atoms with van der Waals surface area (Å²) < 4.78 is 5.40. The van der Waals surface area contributed by atoms with E-state index in [2.05, 4.69) is 35.8 Å². The number of nitrogens with zero attached hydrogens (tertiary/aromatic N) is 1. The van der Waals surface area contributed by atoms with Crippen molar-refractivity contribution in [2.24, 2.45) is 0 Å². The van der Waals surface area contributed by atoms with Crippen molar-refractivity contribution in [3.8, 4) is 11.8 Å². The summed E-state index contributed by atoms with van der Waals surface area (Å²) in [4.78, 5) is 2.45. The summed E-state index contributed by atoms with van der Waals surface area (Å²) in [6.07, 6.45) is 2.31. The van der Waals surface area contributed by atoms with Gasteiger partial charge in [0.05, 0.1) is 19.3 Å². The van der Waals surface area contributed by atoms with Crippen molar-refractivity contribution in [2.45, 2.75) is 25.8 Å². The molecule has 2 nitrogen and oxygen atoms in total. The molecular weight excluding hydrogens is 222 g/mol. The van der Waals surface area contributed by atoms with E-state index in [-0.39, 0.29) is 0 Å². The van der Waals surface area contributed by atoms with E-state index < -0.39 is 0 Å². The lowest BCUT2D eigenvalue weighted by Gasteiger charge is -2.31. The van der Waals surface area contributed by atoms with Crippen LogP contribution in [-0.4, -0.2) is 37.2 Å². The van der Waals surface area contributed by atoms with Crippen molar-refractivity contribution in [1.29, 1.82) is 0 Å². The van der Waals surface area contributed by atoms with Crippen LogP contribution in [0.2, 0.25) is 0 Å². The highest BCUT2D eigenvalue weighted by Gasteiger charge is 2.18. The minimum absolute atomic E-state index is 0.374. The summed E-state index contributed by atoms with van der Waals surface area (Å²) in [6, 6.07) is 10.6. The zero-order chi connectivity index (χ0) is 12.6. The first-order valence-corrected chi connectivity index (χ1v) is 6.78. The molecule has 2 heteroatoms. The summed E-state index contributed by atoms with van der Waals surface area (Å²) >= 11 is 0. The van der Waals surface area contributed by atoms with Gasteiger partial charge in [-0.2, -0.15) is 0 Å². The molecule has 1 atom stereocenters. The Hall–Kier alpha value is -1.30. The van der Waals surface area contributed by atoms with Gasteiger partial charge in [0.15, 0.2) is 0 Å². The van der Waals surface area contributed by atoms with Gasteiger partial charge in [-0.15, -0.1) is 0 Å². The molecule has 0 aromatic heterocycles. The lowest BCUT2D eigenvalue weighted by molar-refractivity contribution is 0.0258. The Morgan fingerprint density at radius 1 is 1.22 bits per heavy atom. The molecule has 0 aliphatic carbocycles. The molecule has 0 spiro atoms. The van der Waals surface area contributed by atoms with E-state index in [1.54, 1.807) is 0 Å². The first-order chi connectivity index (χ1) is 8.90. The average Bonchev–Trinajstić information content (AvgIpc) is 2.45. The zero-order valence-corrected chi connectivity index (χ0v) is 11.1. The maximum atomic E-state index is 5.40. The van der Waals surface area contributed by atoms with Gasteiger partial charge >= 0.3 is 0 Å². The molecule has 96 valence electrons. The van der Waals surface area contributed by atoms with Crippen molar-refractivity contribution < 1.29 is 4.74 Å². The van der Waals surface area contributed by atoms with Gasteiger partial charge in [-0.1, -0.05) is 43.4 Å². The highest BCUT2D eigenvalue weighted by molar-refractivity contribution is 5.34. The Balaban J connectivity index is 2.03. The Morgan fingerprint density at radius 3 is 2.61 bits per heavy atom. The second-order valence-corrected chi connectivity index (χ2v) is 4.59. The van der Waals surface area contributed by atoms with Gasteiger partial charge in [0.1, 0.15) is 0 Å². The first kappa shape index (κ1) is 13.1. The van der Waals surface area contributed by atoms with Gasteiger partial charge in [0.2, 0.25) is 0 Å². The summed E-state index contributed by atoms with van der Waals surface area (Å²) in [6.45, 7) is 5.92. The van der Waals surface area contributed by atoms with E-state index in [1.807, 2.05) is 18.2 Å². The highest BCUT2D eigenvalue weighted by Crippen LogP contribution is 2.09. The molecule has 1 aliphatic heterocycles. The van der Waals surface area contributed by atoms with Crippen LogP contribution in [-0.2, 0) is 4.74 Å². The van der Waals surface area contributed by atoms with E-state index in [0.717, 1.165) is 38.3 Å². The standard InChI is InChI=1S/C16H21NO/c1-2-6-16(17-11-13-18-14-12-17)10-9-15-7-4-3-5-8-15/h3-5,7-8,16H,2,6,11-14H2,1H3. The number of hydrogen-bond acceptors (Lipinski definition) is 2. The third-order valence-corrected chi connectivity index (χ3v) is 3.21. The van der Waals surface area contributed by atoms with Crippen LogP contribution in [0.15, 0.2) is 30.3 Å². The molecule has 1 heterocycles. The molecule has 18 heavy (non-hydrogen) atoms. The van der Waals surface area contributed by atoms with Crippen LogP contribution in [0.1, 0.15) is 25.3 Å². The quantitative estimate of drug-likeness (QED) is 0.756. The maximum absolute atomic E-state index is 5.40. The lowest BCUT2D eigenvalue weighted by Crippen LogP contribution is -2.42. The number of benzene rings is 1. The van der Waals surface area contributed by atoms with Gasteiger partial charge in [0.25, 0.3) is 0 Å². The maximum Gasteiger partial charge on any atom is 0.0719 e. The Bertz CT molecular complexity index is 398. The molecule has 1 unspecified atom stereocenters. The zero-order valence-electron chi connectivity index (χ0n) is 11.1. The molecule has 0 bridgehead atoms. The Labute approximate surface area is 110 Å². The molecule has 0 amide bonds. The van der Waals surface area contributed by atoms with Gasteiger partial charge in [-0.3, -0.25) is 4.90 Å². The molecule has 1 aromatic rings. The van der Waals surface area contributed by atoms with Crippen molar-refractivity contribution in [1.82, 2.24) is 4.90 Å². The molecule has 1 fully saturated rings. The van der Waals surface area contributed by atoms with E-state index in [4.69, 9.17) is 4.74 Å². The van der Waals surface area contributed by atoms with E-state index in [0.29, 0.717) is 6.04 Å². The lowest BCUT2D eigenvalue weighted by atomic mass is 10.1. The summed E-state index contributed by atoms with van der Waals surface area (Å²) in [5.74, 6) is 6.72. The van der Waals surface area contributed by atoms with Crippen molar-refractivity contribution in [3.63, 3.8) is 0 Å². The van der Waals surface area contributed by atoms with Crippen LogP contribution in [0.3, 0.4) is 0 Å². The van der Waals surface area contributed by atoms with E-state index >= 15 is 0 Å². The van der Waals surface area contributed by atoms with E-state index in [1.165, 1.54) is 6.42 Å². The Morgan fingerprint density at radius 2 is 1.94 bits per heavy atom. The van der Waals surface area contributed by atoms with E-state index in [9.17, 15) is 0 Å². The molecule has 2 rings (SSSR count). The van der Waals surface area contributed by atoms with Gasteiger partial charge in [0, 0.05) is 18.7 Å². The number of hydrogen-bond donors (Lipinski definition) is 0. The summed E-state index contributed by atoms with van der Waals surface area (Å²) in [5.41, 5.74) is 1.10. The van der Waals surface area contributed by atoms with Crippen LogP contribution in [0.25, 0.3) is 0 Å². The van der Waals surface area contributed by atoms with Gasteiger partial charge in [-0.05, 0) is 18.6 Å². The largest absolute Gasteiger partial charge is 0.379 e. The number of ether oxygens (including phenoxy) is 1.